The molecule has 0 bridgehead atoms. The van der Waals surface area contributed by atoms with Gasteiger partial charge in [-0.05, 0) is 42.9 Å². The molecule has 132 valence electrons. The Balaban J connectivity index is 1.38. The second-order valence-electron chi connectivity index (χ2n) is 7.29. The number of ether oxygens (including phenoxy) is 2. The lowest BCUT2D eigenvalue weighted by Crippen LogP contribution is -2.53. The molecule has 2 atom stereocenters. The molecule has 1 aromatic rings. The number of nitriles is 1. The second kappa shape index (κ2) is 6.08. The molecule has 0 unspecified atom stereocenters. The first kappa shape index (κ1) is 16.5. The number of halogens is 1. The van der Waals surface area contributed by atoms with Gasteiger partial charge < -0.3 is 14.8 Å². The molecule has 4 rings (SSSR count). The summed E-state index contributed by atoms with van der Waals surface area (Å²) in [7, 11) is 0. The maximum absolute atomic E-state index is 13.3. The normalized spacial score (nSPS) is 29.1. The first-order chi connectivity index (χ1) is 12.0. The van der Waals surface area contributed by atoms with Crippen molar-refractivity contribution in [2.45, 2.75) is 49.3 Å². The van der Waals surface area contributed by atoms with Crippen LogP contribution in [0.2, 0.25) is 0 Å². The minimum atomic E-state index is -0.854. The molecule has 1 spiro atoms. The average molecular weight is 344 g/mol. The van der Waals surface area contributed by atoms with E-state index in [1.54, 1.807) is 6.07 Å². The van der Waals surface area contributed by atoms with Crippen molar-refractivity contribution in [2.75, 3.05) is 13.2 Å². The summed E-state index contributed by atoms with van der Waals surface area (Å²) in [6.45, 7) is 1.17. The number of carbonyl (C=O) groups excluding carboxylic acids is 1. The van der Waals surface area contributed by atoms with Crippen molar-refractivity contribution < 1.29 is 18.7 Å². The molecular weight excluding hydrogens is 323 g/mol. The van der Waals surface area contributed by atoms with Gasteiger partial charge in [-0.2, -0.15) is 5.26 Å². The molecule has 1 aliphatic heterocycles. The van der Waals surface area contributed by atoms with Gasteiger partial charge in [0.25, 0.3) is 0 Å². The van der Waals surface area contributed by atoms with E-state index in [4.69, 9.17) is 9.47 Å². The van der Waals surface area contributed by atoms with Crippen LogP contribution in [0, 0.1) is 23.1 Å². The standard InChI is InChI=1S/C19H21FN2O3/c20-14-3-1-2-13(10-14)15-11-16(15)17(23)22-18(12-21)4-6-19(7-5-18)24-8-9-25-19/h1-3,10,15-16H,4-9,11H2,(H,22,23)/t15-,16+/m0/s1. The molecule has 1 amide bonds. The molecule has 0 radical (unpaired) electrons. The number of nitrogens with zero attached hydrogens (tertiary/aromatic N) is 1. The molecule has 1 N–H and O–H groups in total. The average Bonchev–Trinajstić information content (AvgIpc) is 3.31. The quantitative estimate of drug-likeness (QED) is 0.915. The first-order valence-corrected chi connectivity index (χ1v) is 8.82. The van der Waals surface area contributed by atoms with Crippen LogP contribution in [0.1, 0.15) is 43.6 Å². The summed E-state index contributed by atoms with van der Waals surface area (Å²) in [6.07, 6.45) is 2.96. The maximum Gasteiger partial charge on any atom is 0.224 e. The SMILES string of the molecule is N#CC1(NC(=O)[C@@H]2C[C@H]2c2cccc(F)c2)CCC2(CC1)OCCO2. The number of hydrogen-bond acceptors (Lipinski definition) is 4. The minimum Gasteiger partial charge on any atom is -0.348 e. The van der Waals surface area contributed by atoms with E-state index in [2.05, 4.69) is 11.4 Å². The van der Waals surface area contributed by atoms with E-state index < -0.39 is 11.3 Å². The Morgan fingerprint density at radius 3 is 2.60 bits per heavy atom. The van der Waals surface area contributed by atoms with Gasteiger partial charge in [0.15, 0.2) is 5.79 Å². The largest absolute Gasteiger partial charge is 0.348 e. The van der Waals surface area contributed by atoms with Gasteiger partial charge in [0, 0.05) is 18.8 Å². The lowest BCUT2D eigenvalue weighted by Gasteiger charge is -2.40. The van der Waals surface area contributed by atoms with Crippen molar-refractivity contribution in [3.8, 4) is 6.07 Å². The van der Waals surface area contributed by atoms with Gasteiger partial charge >= 0.3 is 0 Å². The zero-order valence-electron chi connectivity index (χ0n) is 14.0. The smallest absolute Gasteiger partial charge is 0.224 e. The lowest BCUT2D eigenvalue weighted by molar-refractivity contribution is -0.183. The van der Waals surface area contributed by atoms with E-state index in [1.165, 1.54) is 12.1 Å². The second-order valence-corrected chi connectivity index (χ2v) is 7.29. The van der Waals surface area contributed by atoms with Gasteiger partial charge in [-0.25, -0.2) is 4.39 Å². The lowest BCUT2D eigenvalue weighted by atomic mass is 9.79. The number of benzene rings is 1. The van der Waals surface area contributed by atoms with Gasteiger partial charge in [-0.1, -0.05) is 12.1 Å². The molecular formula is C19H21FN2O3. The third kappa shape index (κ3) is 3.14. The van der Waals surface area contributed by atoms with Gasteiger partial charge in [-0.3, -0.25) is 4.79 Å². The van der Waals surface area contributed by atoms with Gasteiger partial charge in [-0.15, -0.1) is 0 Å². The highest BCUT2D eigenvalue weighted by molar-refractivity contribution is 5.84. The van der Waals surface area contributed by atoms with E-state index in [0.29, 0.717) is 45.3 Å². The van der Waals surface area contributed by atoms with E-state index in [9.17, 15) is 14.4 Å². The minimum absolute atomic E-state index is 0.0443. The van der Waals surface area contributed by atoms with Crippen LogP contribution in [0.25, 0.3) is 0 Å². The van der Waals surface area contributed by atoms with Crippen LogP contribution in [0.15, 0.2) is 24.3 Å². The Hall–Kier alpha value is -1.97. The van der Waals surface area contributed by atoms with Crippen molar-refractivity contribution in [1.29, 1.82) is 5.26 Å². The summed E-state index contributed by atoms with van der Waals surface area (Å²) in [5, 5.41) is 12.6. The zero-order chi connectivity index (χ0) is 17.5. The molecule has 25 heavy (non-hydrogen) atoms. The highest BCUT2D eigenvalue weighted by Gasteiger charge is 2.50. The Morgan fingerprint density at radius 1 is 1.24 bits per heavy atom. The first-order valence-electron chi connectivity index (χ1n) is 8.82. The van der Waals surface area contributed by atoms with E-state index in [0.717, 1.165) is 5.56 Å². The van der Waals surface area contributed by atoms with Crippen LogP contribution >= 0.6 is 0 Å². The molecule has 2 aliphatic carbocycles. The predicted molar refractivity (Wildman–Crippen MR) is 86.8 cm³/mol. The number of rotatable bonds is 3. The summed E-state index contributed by atoms with van der Waals surface area (Å²) < 4.78 is 24.7. The molecule has 0 aromatic heterocycles. The topological polar surface area (TPSA) is 71.4 Å². The van der Waals surface area contributed by atoms with Gasteiger partial charge in [0.05, 0.1) is 19.3 Å². The molecule has 3 aliphatic rings. The Bertz CT molecular complexity index is 714. The monoisotopic (exact) mass is 344 g/mol. The molecule has 1 heterocycles. The fourth-order valence-corrected chi connectivity index (χ4v) is 4.03. The number of amides is 1. The third-order valence-electron chi connectivity index (χ3n) is 5.66. The van der Waals surface area contributed by atoms with Crippen molar-refractivity contribution in [3.05, 3.63) is 35.6 Å². The van der Waals surface area contributed by atoms with Crippen LogP contribution in [-0.4, -0.2) is 30.4 Å². The van der Waals surface area contributed by atoms with E-state index in [-0.39, 0.29) is 23.6 Å². The Kier molecular flexibility index (Phi) is 4.01. The fourth-order valence-electron chi connectivity index (χ4n) is 4.03. The summed E-state index contributed by atoms with van der Waals surface area (Å²) in [5.41, 5.74) is -0.00582. The predicted octanol–water partition coefficient (Wildman–Crippen LogP) is 2.62. The summed E-state index contributed by atoms with van der Waals surface area (Å²) in [4.78, 5) is 12.6. The molecule has 2 saturated carbocycles. The van der Waals surface area contributed by atoms with Crippen LogP contribution in [-0.2, 0) is 14.3 Å². The summed E-state index contributed by atoms with van der Waals surface area (Å²) in [6, 6.07) is 8.69. The summed E-state index contributed by atoms with van der Waals surface area (Å²) >= 11 is 0. The maximum atomic E-state index is 13.3. The Labute approximate surface area is 146 Å². The van der Waals surface area contributed by atoms with E-state index in [1.807, 2.05) is 6.07 Å². The van der Waals surface area contributed by atoms with Crippen LogP contribution in [0.4, 0.5) is 4.39 Å². The molecule has 6 heteroatoms. The number of hydrogen-bond donors (Lipinski definition) is 1. The highest BCUT2D eigenvalue weighted by Crippen LogP contribution is 2.48. The van der Waals surface area contributed by atoms with Gasteiger partial charge in [0.2, 0.25) is 5.91 Å². The molecule has 3 fully saturated rings. The van der Waals surface area contributed by atoms with Crippen LogP contribution in [0.5, 0.6) is 0 Å². The summed E-state index contributed by atoms with van der Waals surface area (Å²) in [5.74, 6) is -1.09. The zero-order valence-corrected chi connectivity index (χ0v) is 14.0. The van der Waals surface area contributed by atoms with E-state index >= 15 is 0 Å². The van der Waals surface area contributed by atoms with Crippen molar-refractivity contribution >= 4 is 5.91 Å². The molecule has 1 aromatic carbocycles. The molecule has 1 saturated heterocycles. The highest BCUT2D eigenvalue weighted by atomic mass is 19.1. The Morgan fingerprint density at radius 2 is 1.96 bits per heavy atom. The van der Waals surface area contributed by atoms with Gasteiger partial charge in [0.1, 0.15) is 11.4 Å². The van der Waals surface area contributed by atoms with Crippen molar-refractivity contribution in [2.24, 2.45) is 5.92 Å². The molecule has 5 nitrogen and oxygen atoms in total. The number of carbonyl (C=O) groups is 1. The fraction of sp³-hybridized carbons (Fsp3) is 0.579. The van der Waals surface area contributed by atoms with Crippen molar-refractivity contribution in [1.82, 2.24) is 5.32 Å². The van der Waals surface area contributed by atoms with Crippen molar-refractivity contribution in [3.63, 3.8) is 0 Å². The number of nitrogens with one attached hydrogen (secondary N) is 1. The third-order valence-corrected chi connectivity index (χ3v) is 5.66. The van der Waals surface area contributed by atoms with Crippen LogP contribution < -0.4 is 5.32 Å². The van der Waals surface area contributed by atoms with Crippen LogP contribution in [0.3, 0.4) is 0 Å².